The lowest BCUT2D eigenvalue weighted by atomic mass is 10.3. The van der Waals surface area contributed by atoms with E-state index in [1.54, 1.807) is 18.3 Å². The van der Waals surface area contributed by atoms with Gasteiger partial charge in [0, 0.05) is 24.6 Å². The maximum Gasteiger partial charge on any atom is 0.207 e. The molecule has 2 aromatic rings. The molecular formula is C11H12FN3. The Hall–Kier alpha value is -1.84. The normalized spacial score (nSPS) is 10.3. The second-order valence-electron chi connectivity index (χ2n) is 3.17. The molecule has 1 N–H and O–H groups in total. The average Bonchev–Trinajstić information content (AvgIpc) is 2.65. The maximum atomic E-state index is 12.9. The lowest BCUT2D eigenvalue weighted by Crippen LogP contribution is -2.01. The third-order valence-electron chi connectivity index (χ3n) is 2.14. The van der Waals surface area contributed by atoms with Gasteiger partial charge in [0.05, 0.1) is 0 Å². The van der Waals surface area contributed by atoms with Gasteiger partial charge in [0.1, 0.15) is 5.82 Å². The van der Waals surface area contributed by atoms with Crippen molar-refractivity contribution in [1.82, 2.24) is 9.55 Å². The first-order valence-corrected chi connectivity index (χ1v) is 4.83. The number of benzene rings is 1. The number of imidazole rings is 1. The summed E-state index contributed by atoms with van der Waals surface area (Å²) >= 11 is 0. The molecule has 0 spiro atoms. The summed E-state index contributed by atoms with van der Waals surface area (Å²) in [5.74, 6) is 0.470. The van der Waals surface area contributed by atoms with Crippen LogP contribution >= 0.6 is 0 Å². The smallest absolute Gasteiger partial charge is 0.207 e. The molecule has 15 heavy (non-hydrogen) atoms. The Morgan fingerprint density at radius 1 is 1.47 bits per heavy atom. The maximum absolute atomic E-state index is 12.9. The molecule has 78 valence electrons. The van der Waals surface area contributed by atoms with E-state index in [-0.39, 0.29) is 5.82 Å². The lowest BCUT2D eigenvalue weighted by molar-refractivity contribution is 0.628. The van der Waals surface area contributed by atoms with Gasteiger partial charge in [-0.1, -0.05) is 6.07 Å². The van der Waals surface area contributed by atoms with Crippen LogP contribution in [0.5, 0.6) is 0 Å². The minimum atomic E-state index is -0.255. The molecule has 0 amide bonds. The molecule has 0 aliphatic carbocycles. The molecule has 0 bridgehead atoms. The first-order chi connectivity index (χ1) is 7.29. The number of hydrogen-bond donors (Lipinski definition) is 1. The number of aromatic nitrogens is 2. The van der Waals surface area contributed by atoms with Crippen molar-refractivity contribution >= 4 is 11.6 Å². The molecule has 0 aliphatic heterocycles. The van der Waals surface area contributed by atoms with Crippen molar-refractivity contribution in [2.24, 2.45) is 0 Å². The van der Waals surface area contributed by atoms with Gasteiger partial charge in [-0.25, -0.2) is 9.37 Å². The third kappa shape index (κ3) is 2.15. The summed E-state index contributed by atoms with van der Waals surface area (Å²) in [6, 6.07) is 6.32. The zero-order valence-electron chi connectivity index (χ0n) is 8.44. The highest BCUT2D eigenvalue weighted by Crippen LogP contribution is 2.15. The number of nitrogens with one attached hydrogen (secondary N) is 1. The molecule has 4 heteroatoms. The largest absolute Gasteiger partial charge is 0.326 e. The van der Waals surface area contributed by atoms with Crippen LogP contribution in [0.1, 0.15) is 6.92 Å². The number of nitrogens with zero attached hydrogens (tertiary/aromatic N) is 2. The summed E-state index contributed by atoms with van der Waals surface area (Å²) < 4.78 is 14.9. The molecule has 0 saturated heterocycles. The van der Waals surface area contributed by atoms with Crippen molar-refractivity contribution in [3.63, 3.8) is 0 Å². The van der Waals surface area contributed by atoms with E-state index in [1.807, 2.05) is 17.7 Å². The van der Waals surface area contributed by atoms with Gasteiger partial charge in [0.25, 0.3) is 0 Å². The molecule has 0 aliphatic rings. The van der Waals surface area contributed by atoms with E-state index in [9.17, 15) is 4.39 Å². The van der Waals surface area contributed by atoms with Crippen molar-refractivity contribution in [1.29, 1.82) is 0 Å². The molecule has 3 nitrogen and oxygen atoms in total. The summed E-state index contributed by atoms with van der Waals surface area (Å²) in [4.78, 5) is 4.14. The molecule has 1 aromatic carbocycles. The van der Waals surface area contributed by atoms with Gasteiger partial charge in [-0.15, -0.1) is 0 Å². The average molecular weight is 205 g/mol. The Labute approximate surface area is 87.6 Å². The van der Waals surface area contributed by atoms with Gasteiger partial charge in [0.15, 0.2) is 0 Å². The second kappa shape index (κ2) is 4.13. The second-order valence-corrected chi connectivity index (χ2v) is 3.17. The van der Waals surface area contributed by atoms with Crippen molar-refractivity contribution in [3.8, 4) is 0 Å². The summed E-state index contributed by atoms with van der Waals surface area (Å²) in [7, 11) is 0. The van der Waals surface area contributed by atoms with Crippen molar-refractivity contribution in [2.45, 2.75) is 13.5 Å². The Kier molecular flexibility index (Phi) is 2.67. The van der Waals surface area contributed by atoms with Gasteiger partial charge >= 0.3 is 0 Å². The monoisotopic (exact) mass is 205 g/mol. The molecule has 2 rings (SSSR count). The van der Waals surface area contributed by atoms with Crippen LogP contribution in [0.15, 0.2) is 36.7 Å². The van der Waals surface area contributed by atoms with E-state index in [0.717, 1.165) is 12.5 Å². The van der Waals surface area contributed by atoms with E-state index in [1.165, 1.54) is 12.1 Å². The van der Waals surface area contributed by atoms with Crippen molar-refractivity contribution in [3.05, 3.63) is 42.5 Å². The number of aryl methyl sites for hydroxylation is 1. The molecule has 0 unspecified atom stereocenters. The van der Waals surface area contributed by atoms with Crippen LogP contribution in [-0.4, -0.2) is 9.55 Å². The Bertz CT molecular complexity index is 451. The lowest BCUT2D eigenvalue weighted by Gasteiger charge is -2.07. The van der Waals surface area contributed by atoms with E-state index >= 15 is 0 Å². The first-order valence-electron chi connectivity index (χ1n) is 4.83. The molecule has 0 fully saturated rings. The highest BCUT2D eigenvalue weighted by atomic mass is 19.1. The predicted octanol–water partition coefficient (Wildman–Crippen LogP) is 2.79. The van der Waals surface area contributed by atoms with E-state index < -0.39 is 0 Å². The molecule has 1 heterocycles. The molecular weight excluding hydrogens is 193 g/mol. The fraction of sp³-hybridized carbons (Fsp3) is 0.182. The summed E-state index contributed by atoms with van der Waals surface area (Å²) in [6.45, 7) is 2.86. The van der Waals surface area contributed by atoms with E-state index in [4.69, 9.17) is 0 Å². The van der Waals surface area contributed by atoms with Gasteiger partial charge in [-0.2, -0.15) is 0 Å². The Balaban J connectivity index is 2.22. The fourth-order valence-corrected chi connectivity index (χ4v) is 1.38. The van der Waals surface area contributed by atoms with Crippen LogP contribution < -0.4 is 5.32 Å². The van der Waals surface area contributed by atoms with Gasteiger partial charge < -0.3 is 9.88 Å². The van der Waals surface area contributed by atoms with Crippen LogP contribution in [-0.2, 0) is 6.54 Å². The quantitative estimate of drug-likeness (QED) is 0.835. The summed E-state index contributed by atoms with van der Waals surface area (Å²) in [5, 5.41) is 3.06. The number of halogens is 1. The number of rotatable bonds is 3. The number of anilines is 2. The highest BCUT2D eigenvalue weighted by molar-refractivity contribution is 5.53. The van der Waals surface area contributed by atoms with Gasteiger partial charge in [0.2, 0.25) is 5.95 Å². The third-order valence-corrected chi connectivity index (χ3v) is 2.14. The van der Waals surface area contributed by atoms with Crippen LogP contribution in [0.4, 0.5) is 16.0 Å². The highest BCUT2D eigenvalue weighted by Gasteiger charge is 2.01. The summed E-state index contributed by atoms with van der Waals surface area (Å²) in [6.07, 6.45) is 3.59. The minimum absolute atomic E-state index is 0.255. The standard InChI is InChI=1S/C11H12FN3/c1-2-15-7-6-13-11(15)14-10-5-3-4-9(12)8-10/h3-8H,2H2,1H3,(H,13,14). The zero-order chi connectivity index (χ0) is 10.7. The Morgan fingerprint density at radius 2 is 2.33 bits per heavy atom. The van der Waals surface area contributed by atoms with Gasteiger partial charge in [-0.05, 0) is 25.1 Å². The predicted molar refractivity (Wildman–Crippen MR) is 57.6 cm³/mol. The van der Waals surface area contributed by atoms with Crippen LogP contribution in [0.25, 0.3) is 0 Å². The van der Waals surface area contributed by atoms with E-state index in [2.05, 4.69) is 10.3 Å². The summed E-state index contributed by atoms with van der Waals surface area (Å²) in [5.41, 5.74) is 0.705. The SMILES string of the molecule is CCn1ccnc1Nc1cccc(F)c1. The Morgan fingerprint density at radius 3 is 3.07 bits per heavy atom. The van der Waals surface area contributed by atoms with E-state index in [0.29, 0.717) is 5.69 Å². The number of hydrogen-bond acceptors (Lipinski definition) is 2. The molecule has 1 aromatic heterocycles. The van der Waals surface area contributed by atoms with Crippen LogP contribution in [0.2, 0.25) is 0 Å². The topological polar surface area (TPSA) is 29.9 Å². The fourth-order valence-electron chi connectivity index (χ4n) is 1.38. The molecule has 0 atom stereocenters. The molecule has 0 saturated carbocycles. The molecule has 0 radical (unpaired) electrons. The first kappa shape index (κ1) is 9.71. The van der Waals surface area contributed by atoms with Gasteiger partial charge in [-0.3, -0.25) is 0 Å². The van der Waals surface area contributed by atoms with Crippen molar-refractivity contribution < 1.29 is 4.39 Å². The van der Waals surface area contributed by atoms with Crippen molar-refractivity contribution in [2.75, 3.05) is 5.32 Å². The van der Waals surface area contributed by atoms with Crippen LogP contribution in [0, 0.1) is 5.82 Å². The van der Waals surface area contributed by atoms with Crippen LogP contribution in [0.3, 0.4) is 0 Å². The zero-order valence-corrected chi connectivity index (χ0v) is 8.44. The minimum Gasteiger partial charge on any atom is -0.326 e.